The molecule has 0 unspecified atom stereocenters. The zero-order chi connectivity index (χ0) is 19.7. The van der Waals surface area contributed by atoms with Crippen LogP contribution in [0.4, 0.5) is 0 Å². The highest BCUT2D eigenvalue weighted by Crippen LogP contribution is 2.43. The molecule has 4 heteroatoms. The second-order valence-electron chi connectivity index (χ2n) is 7.28. The topological polar surface area (TPSA) is 77.8 Å². The van der Waals surface area contributed by atoms with Crippen LogP contribution in [0.1, 0.15) is 57.9 Å². The summed E-state index contributed by atoms with van der Waals surface area (Å²) in [6.45, 7) is 5.65. The minimum absolute atomic E-state index is 0.0307. The molecule has 0 heterocycles. The SMILES string of the molecule is Cc1cc2c(cc1CC(=O)c1cc(C(C)C)c(O)c(O)c1O)CC=CC=C2. The molecule has 0 saturated carbocycles. The lowest BCUT2D eigenvalue weighted by atomic mass is 9.91. The molecule has 3 N–H and O–H groups in total. The summed E-state index contributed by atoms with van der Waals surface area (Å²) >= 11 is 0. The third-order valence-corrected chi connectivity index (χ3v) is 5.01. The molecule has 0 fully saturated rings. The number of Topliss-reactive ketones (excluding diaryl/α,β-unsaturated/α-hetero) is 1. The Bertz CT molecular complexity index is 965. The molecular formula is C23H24O4. The van der Waals surface area contributed by atoms with Gasteiger partial charge in [-0.05, 0) is 47.6 Å². The number of carbonyl (C=O) groups is 1. The molecule has 0 atom stereocenters. The first kappa shape index (κ1) is 18.8. The van der Waals surface area contributed by atoms with E-state index < -0.39 is 11.5 Å². The number of carbonyl (C=O) groups excluding carboxylic acids is 1. The van der Waals surface area contributed by atoms with Crippen LogP contribution in [-0.4, -0.2) is 21.1 Å². The number of phenolic OH excluding ortho intramolecular Hbond substituents is 3. The first-order valence-corrected chi connectivity index (χ1v) is 9.06. The Morgan fingerprint density at radius 1 is 1.04 bits per heavy atom. The van der Waals surface area contributed by atoms with Crippen molar-refractivity contribution in [1.29, 1.82) is 0 Å². The minimum Gasteiger partial charge on any atom is -0.504 e. The second kappa shape index (κ2) is 7.31. The number of rotatable bonds is 4. The largest absolute Gasteiger partial charge is 0.504 e. The van der Waals surface area contributed by atoms with Gasteiger partial charge in [-0.25, -0.2) is 0 Å². The Kier molecular flexibility index (Phi) is 5.08. The Labute approximate surface area is 159 Å². The first-order chi connectivity index (χ1) is 12.8. The number of hydrogen-bond donors (Lipinski definition) is 3. The summed E-state index contributed by atoms with van der Waals surface area (Å²) in [6, 6.07) is 5.57. The molecule has 0 bridgehead atoms. The van der Waals surface area contributed by atoms with Gasteiger partial charge in [-0.2, -0.15) is 0 Å². The standard InChI is InChI=1S/C23H24O4/c1-13(2)18-12-19(22(26)23(27)21(18)25)20(24)11-17-10-16-8-6-4-5-7-15(16)9-14(17)3/h4-7,9-10,12-13,25-27H,8,11H2,1-3H3. The van der Waals surface area contributed by atoms with E-state index in [0.29, 0.717) is 5.56 Å². The van der Waals surface area contributed by atoms with Crippen LogP contribution in [0.2, 0.25) is 0 Å². The monoisotopic (exact) mass is 364 g/mol. The fraction of sp³-hybridized carbons (Fsp3) is 0.261. The van der Waals surface area contributed by atoms with Gasteiger partial charge in [-0.15, -0.1) is 0 Å². The lowest BCUT2D eigenvalue weighted by molar-refractivity contribution is 0.0989. The zero-order valence-corrected chi connectivity index (χ0v) is 15.8. The number of fused-ring (bicyclic) bond motifs is 1. The van der Waals surface area contributed by atoms with Crippen LogP contribution in [0.3, 0.4) is 0 Å². The van der Waals surface area contributed by atoms with Crippen LogP contribution in [0.15, 0.2) is 36.4 Å². The van der Waals surface area contributed by atoms with Gasteiger partial charge in [-0.1, -0.05) is 50.3 Å². The molecule has 0 spiro atoms. The highest BCUT2D eigenvalue weighted by Gasteiger charge is 2.23. The van der Waals surface area contributed by atoms with E-state index >= 15 is 0 Å². The normalized spacial score (nSPS) is 12.9. The number of phenols is 3. The zero-order valence-electron chi connectivity index (χ0n) is 15.8. The van der Waals surface area contributed by atoms with Crippen molar-refractivity contribution in [2.75, 3.05) is 0 Å². The van der Waals surface area contributed by atoms with Gasteiger partial charge in [0, 0.05) is 12.0 Å². The Morgan fingerprint density at radius 2 is 1.78 bits per heavy atom. The van der Waals surface area contributed by atoms with Crippen LogP contribution in [0.5, 0.6) is 17.2 Å². The molecular weight excluding hydrogens is 340 g/mol. The number of benzene rings is 2. The van der Waals surface area contributed by atoms with Crippen LogP contribution in [0, 0.1) is 6.92 Å². The van der Waals surface area contributed by atoms with Gasteiger partial charge >= 0.3 is 0 Å². The molecule has 27 heavy (non-hydrogen) atoms. The molecule has 1 aliphatic rings. The maximum Gasteiger partial charge on any atom is 0.201 e. The fourth-order valence-electron chi connectivity index (χ4n) is 3.37. The minimum atomic E-state index is -0.640. The highest BCUT2D eigenvalue weighted by molar-refractivity contribution is 6.01. The molecule has 0 radical (unpaired) electrons. The summed E-state index contributed by atoms with van der Waals surface area (Å²) in [5, 5.41) is 30.2. The fourth-order valence-corrected chi connectivity index (χ4v) is 3.37. The van der Waals surface area contributed by atoms with E-state index in [1.165, 1.54) is 6.07 Å². The second-order valence-corrected chi connectivity index (χ2v) is 7.28. The third kappa shape index (κ3) is 3.61. The van der Waals surface area contributed by atoms with Gasteiger partial charge in [0.15, 0.2) is 17.3 Å². The summed E-state index contributed by atoms with van der Waals surface area (Å²) in [7, 11) is 0. The van der Waals surface area contributed by atoms with E-state index in [2.05, 4.69) is 18.2 Å². The van der Waals surface area contributed by atoms with Gasteiger partial charge in [0.1, 0.15) is 0 Å². The average Bonchev–Trinajstić information content (AvgIpc) is 2.84. The summed E-state index contributed by atoms with van der Waals surface area (Å²) in [5.41, 5.74) is 4.64. The smallest absolute Gasteiger partial charge is 0.201 e. The van der Waals surface area contributed by atoms with E-state index in [1.54, 1.807) is 0 Å². The van der Waals surface area contributed by atoms with Crippen molar-refractivity contribution in [1.82, 2.24) is 0 Å². The van der Waals surface area contributed by atoms with E-state index in [-0.39, 0.29) is 29.4 Å². The van der Waals surface area contributed by atoms with Gasteiger partial charge in [-0.3, -0.25) is 4.79 Å². The number of allylic oxidation sites excluding steroid dienone is 3. The lowest BCUT2D eigenvalue weighted by Gasteiger charge is -2.15. The van der Waals surface area contributed by atoms with Crippen molar-refractivity contribution in [3.8, 4) is 17.2 Å². The summed E-state index contributed by atoms with van der Waals surface area (Å²) in [4.78, 5) is 12.9. The summed E-state index contributed by atoms with van der Waals surface area (Å²) in [5.74, 6) is -1.99. The molecule has 2 aromatic carbocycles. The van der Waals surface area contributed by atoms with Gasteiger partial charge in [0.2, 0.25) is 5.75 Å². The summed E-state index contributed by atoms with van der Waals surface area (Å²) < 4.78 is 0. The van der Waals surface area contributed by atoms with E-state index in [4.69, 9.17) is 0 Å². The average molecular weight is 364 g/mol. The van der Waals surface area contributed by atoms with Crippen LogP contribution >= 0.6 is 0 Å². The predicted molar refractivity (Wildman–Crippen MR) is 107 cm³/mol. The number of hydrogen-bond acceptors (Lipinski definition) is 4. The van der Waals surface area contributed by atoms with Gasteiger partial charge in [0.05, 0.1) is 5.56 Å². The molecule has 140 valence electrons. The number of aromatic hydroxyl groups is 3. The molecule has 0 aliphatic heterocycles. The van der Waals surface area contributed by atoms with Gasteiger partial charge in [0.25, 0.3) is 0 Å². The Balaban J connectivity index is 1.98. The predicted octanol–water partition coefficient (Wildman–Crippen LogP) is 4.79. The van der Waals surface area contributed by atoms with Crippen LogP contribution < -0.4 is 0 Å². The van der Waals surface area contributed by atoms with Crippen molar-refractivity contribution in [2.24, 2.45) is 0 Å². The van der Waals surface area contributed by atoms with E-state index in [9.17, 15) is 20.1 Å². The van der Waals surface area contributed by atoms with E-state index in [0.717, 1.165) is 28.7 Å². The Morgan fingerprint density at radius 3 is 2.48 bits per heavy atom. The quantitative estimate of drug-likeness (QED) is 0.539. The maximum atomic E-state index is 12.9. The van der Waals surface area contributed by atoms with Gasteiger partial charge < -0.3 is 15.3 Å². The molecule has 1 aliphatic carbocycles. The lowest BCUT2D eigenvalue weighted by Crippen LogP contribution is -2.08. The van der Waals surface area contributed by atoms with Crippen molar-refractivity contribution >= 4 is 11.9 Å². The molecule has 3 rings (SSSR count). The van der Waals surface area contributed by atoms with Crippen molar-refractivity contribution < 1.29 is 20.1 Å². The van der Waals surface area contributed by atoms with Crippen molar-refractivity contribution in [3.05, 3.63) is 69.8 Å². The molecule has 4 nitrogen and oxygen atoms in total. The van der Waals surface area contributed by atoms with E-state index in [1.807, 2.05) is 39.0 Å². The maximum absolute atomic E-state index is 12.9. The number of aryl methyl sites for hydroxylation is 1. The summed E-state index contributed by atoms with van der Waals surface area (Å²) in [6.07, 6.45) is 9.04. The third-order valence-electron chi connectivity index (χ3n) is 5.01. The highest BCUT2D eigenvalue weighted by atomic mass is 16.3. The molecule has 2 aromatic rings. The first-order valence-electron chi connectivity index (χ1n) is 9.06. The van der Waals surface area contributed by atoms with Crippen LogP contribution in [-0.2, 0) is 12.8 Å². The molecule has 0 aromatic heterocycles. The molecule has 0 amide bonds. The van der Waals surface area contributed by atoms with Crippen molar-refractivity contribution in [3.63, 3.8) is 0 Å². The Hall–Kier alpha value is -3.01. The van der Waals surface area contributed by atoms with Crippen LogP contribution in [0.25, 0.3) is 6.08 Å². The molecule has 0 saturated heterocycles. The number of ketones is 1. The van der Waals surface area contributed by atoms with Crippen molar-refractivity contribution in [2.45, 2.75) is 39.5 Å².